The second kappa shape index (κ2) is 7.12. The first-order chi connectivity index (χ1) is 11.2. The number of aromatic nitrogens is 1. The van der Waals surface area contributed by atoms with Gasteiger partial charge in [-0.1, -0.05) is 6.92 Å². The highest BCUT2D eigenvalue weighted by Gasteiger charge is 2.30. The van der Waals surface area contributed by atoms with Crippen LogP contribution in [0.4, 0.5) is 27.1 Å². The second-order valence-corrected chi connectivity index (χ2v) is 5.47. The normalized spacial score (nSPS) is 11.4. The van der Waals surface area contributed by atoms with E-state index in [1.165, 1.54) is 5.38 Å². The van der Waals surface area contributed by atoms with Gasteiger partial charge < -0.3 is 10.1 Å². The lowest BCUT2D eigenvalue weighted by atomic mass is 10.1. The minimum atomic E-state index is -4.71. The molecule has 0 bridgehead atoms. The number of hydrogen-bond acceptors (Lipinski definition) is 4. The number of carbonyl (C=O) groups excluding carboxylic acids is 1. The topological polar surface area (TPSA) is 51.2 Å². The number of ether oxygens (including phenoxy) is 1. The SMILES string of the molecule is CCC(=O)Nc1nc(-c2cc(F)c(OCC(F)(F)F)c(F)c2)cs1. The maximum absolute atomic E-state index is 13.8. The van der Waals surface area contributed by atoms with Crippen LogP contribution >= 0.6 is 11.3 Å². The highest BCUT2D eigenvalue weighted by atomic mass is 32.1. The molecule has 24 heavy (non-hydrogen) atoms. The molecule has 130 valence electrons. The number of alkyl halides is 3. The maximum Gasteiger partial charge on any atom is 0.422 e. The van der Waals surface area contributed by atoms with Crippen molar-refractivity contribution in [1.82, 2.24) is 4.98 Å². The highest BCUT2D eigenvalue weighted by Crippen LogP contribution is 2.31. The first-order valence-electron chi connectivity index (χ1n) is 6.64. The lowest BCUT2D eigenvalue weighted by Gasteiger charge is -2.11. The van der Waals surface area contributed by atoms with E-state index in [0.717, 1.165) is 23.5 Å². The van der Waals surface area contributed by atoms with Gasteiger partial charge in [-0.05, 0) is 12.1 Å². The van der Waals surface area contributed by atoms with Gasteiger partial charge >= 0.3 is 6.18 Å². The summed E-state index contributed by atoms with van der Waals surface area (Å²) in [5, 5.41) is 4.19. The molecule has 0 saturated carbocycles. The average Bonchev–Trinajstić information content (AvgIpc) is 2.93. The molecule has 1 aromatic heterocycles. The van der Waals surface area contributed by atoms with Crippen LogP contribution in [0, 0.1) is 11.6 Å². The number of nitrogens with one attached hydrogen (secondary N) is 1. The van der Waals surface area contributed by atoms with Gasteiger partial charge in [0.1, 0.15) is 0 Å². The van der Waals surface area contributed by atoms with E-state index >= 15 is 0 Å². The lowest BCUT2D eigenvalue weighted by Crippen LogP contribution is -2.20. The van der Waals surface area contributed by atoms with Crippen LogP contribution in [0.15, 0.2) is 17.5 Å². The van der Waals surface area contributed by atoms with Gasteiger partial charge in [0.15, 0.2) is 29.1 Å². The van der Waals surface area contributed by atoms with Crippen LogP contribution in [-0.4, -0.2) is 23.7 Å². The van der Waals surface area contributed by atoms with Crippen molar-refractivity contribution in [3.05, 3.63) is 29.1 Å². The number of benzene rings is 1. The molecule has 4 nitrogen and oxygen atoms in total. The third-order valence-electron chi connectivity index (χ3n) is 2.75. The number of amides is 1. The van der Waals surface area contributed by atoms with Gasteiger partial charge in [-0.25, -0.2) is 13.8 Å². The van der Waals surface area contributed by atoms with Crippen LogP contribution in [-0.2, 0) is 4.79 Å². The molecule has 0 saturated heterocycles. The fourth-order valence-electron chi connectivity index (χ4n) is 1.67. The molecule has 0 unspecified atom stereocenters. The van der Waals surface area contributed by atoms with Crippen molar-refractivity contribution in [2.24, 2.45) is 0 Å². The molecule has 0 aliphatic rings. The summed E-state index contributed by atoms with van der Waals surface area (Å²) < 4.78 is 68.0. The first kappa shape index (κ1) is 18.1. The summed E-state index contributed by atoms with van der Waals surface area (Å²) in [5.74, 6) is -3.93. The predicted molar refractivity (Wildman–Crippen MR) is 77.9 cm³/mol. The van der Waals surface area contributed by atoms with Gasteiger partial charge in [0, 0.05) is 17.4 Å². The molecule has 2 rings (SSSR count). The van der Waals surface area contributed by atoms with Crippen molar-refractivity contribution in [2.75, 3.05) is 11.9 Å². The number of carbonyl (C=O) groups is 1. The molecule has 0 aliphatic carbocycles. The van der Waals surface area contributed by atoms with Crippen molar-refractivity contribution < 1.29 is 31.5 Å². The monoisotopic (exact) mass is 366 g/mol. The smallest absolute Gasteiger partial charge is 0.422 e. The Bertz CT molecular complexity index is 722. The summed E-state index contributed by atoms with van der Waals surface area (Å²) in [5.41, 5.74) is 0.184. The maximum atomic E-state index is 13.8. The largest absolute Gasteiger partial charge is 0.478 e. The van der Waals surface area contributed by atoms with Gasteiger partial charge in [-0.15, -0.1) is 11.3 Å². The Morgan fingerprint density at radius 3 is 2.46 bits per heavy atom. The summed E-state index contributed by atoms with van der Waals surface area (Å²) in [6.07, 6.45) is -4.47. The number of nitrogens with zero attached hydrogens (tertiary/aromatic N) is 1. The van der Waals surface area contributed by atoms with E-state index in [2.05, 4.69) is 15.0 Å². The molecule has 1 N–H and O–H groups in total. The zero-order valence-electron chi connectivity index (χ0n) is 12.2. The molecule has 2 aromatic rings. The Labute approximate surface area is 137 Å². The van der Waals surface area contributed by atoms with Gasteiger partial charge in [-0.3, -0.25) is 4.79 Å². The molecule has 0 atom stereocenters. The van der Waals surface area contributed by atoms with Crippen LogP contribution < -0.4 is 10.1 Å². The van der Waals surface area contributed by atoms with E-state index in [9.17, 15) is 26.7 Å². The molecular formula is C14H11F5N2O2S. The van der Waals surface area contributed by atoms with Gasteiger partial charge in [0.05, 0.1) is 5.69 Å². The molecule has 1 heterocycles. The van der Waals surface area contributed by atoms with Gasteiger partial charge in [-0.2, -0.15) is 13.2 Å². The zero-order chi connectivity index (χ0) is 17.9. The zero-order valence-corrected chi connectivity index (χ0v) is 13.0. The van der Waals surface area contributed by atoms with E-state index in [1.807, 2.05) is 0 Å². The summed E-state index contributed by atoms with van der Waals surface area (Å²) in [4.78, 5) is 15.3. The fourth-order valence-corrected chi connectivity index (χ4v) is 2.41. The summed E-state index contributed by atoms with van der Waals surface area (Å²) in [7, 11) is 0. The number of rotatable bonds is 5. The molecular weight excluding hydrogens is 355 g/mol. The van der Waals surface area contributed by atoms with E-state index in [0.29, 0.717) is 0 Å². The van der Waals surface area contributed by atoms with E-state index in [4.69, 9.17) is 0 Å². The fraction of sp³-hybridized carbons (Fsp3) is 0.286. The Morgan fingerprint density at radius 1 is 1.29 bits per heavy atom. The number of halogens is 5. The van der Waals surface area contributed by atoms with E-state index < -0.39 is 30.2 Å². The Hall–Kier alpha value is -2.23. The van der Waals surface area contributed by atoms with Crippen molar-refractivity contribution in [3.63, 3.8) is 0 Å². The highest BCUT2D eigenvalue weighted by molar-refractivity contribution is 7.14. The van der Waals surface area contributed by atoms with Crippen molar-refractivity contribution >= 4 is 22.4 Å². The van der Waals surface area contributed by atoms with Gasteiger partial charge in [0.2, 0.25) is 5.91 Å². The van der Waals surface area contributed by atoms with Crippen LogP contribution in [0.2, 0.25) is 0 Å². The first-order valence-corrected chi connectivity index (χ1v) is 7.52. The molecule has 1 aromatic carbocycles. The number of hydrogen-bond donors (Lipinski definition) is 1. The minimum absolute atomic E-state index is 0.0117. The van der Waals surface area contributed by atoms with Crippen LogP contribution in [0.5, 0.6) is 5.75 Å². The summed E-state index contributed by atoms with van der Waals surface area (Å²) >= 11 is 1.05. The van der Waals surface area contributed by atoms with Crippen LogP contribution in [0.1, 0.15) is 13.3 Å². The third kappa shape index (κ3) is 4.63. The van der Waals surface area contributed by atoms with Crippen molar-refractivity contribution in [2.45, 2.75) is 19.5 Å². The third-order valence-corrected chi connectivity index (χ3v) is 3.50. The van der Waals surface area contributed by atoms with Gasteiger partial charge in [0.25, 0.3) is 0 Å². The average molecular weight is 366 g/mol. The molecule has 0 aliphatic heterocycles. The van der Waals surface area contributed by atoms with Crippen LogP contribution in [0.3, 0.4) is 0 Å². The van der Waals surface area contributed by atoms with Crippen molar-refractivity contribution in [3.8, 4) is 17.0 Å². The quantitative estimate of drug-likeness (QED) is 0.799. The Morgan fingerprint density at radius 2 is 1.92 bits per heavy atom. The summed E-state index contributed by atoms with van der Waals surface area (Å²) in [6.45, 7) is -0.154. The molecule has 10 heteroatoms. The molecule has 1 amide bonds. The lowest BCUT2D eigenvalue weighted by molar-refractivity contribution is -0.154. The van der Waals surface area contributed by atoms with E-state index in [-0.39, 0.29) is 28.7 Å². The second-order valence-electron chi connectivity index (χ2n) is 4.61. The minimum Gasteiger partial charge on any atom is -0.478 e. The molecule has 0 radical (unpaired) electrons. The summed E-state index contributed by atoms with van der Waals surface area (Å²) in [6, 6.07) is 1.63. The Kier molecular flexibility index (Phi) is 5.37. The molecule has 0 fully saturated rings. The standard InChI is InChI=1S/C14H11F5N2O2S/c1-2-11(22)21-13-20-10(5-24-13)7-3-8(15)12(9(16)4-7)23-6-14(17,18)19/h3-5H,2,6H2,1H3,(H,20,21,22). The molecule has 0 spiro atoms. The number of thiazole rings is 1. The van der Waals surface area contributed by atoms with Crippen molar-refractivity contribution in [1.29, 1.82) is 0 Å². The van der Waals surface area contributed by atoms with E-state index in [1.54, 1.807) is 6.92 Å². The predicted octanol–water partition coefficient (Wildman–Crippen LogP) is 4.38. The van der Waals surface area contributed by atoms with Crippen LogP contribution in [0.25, 0.3) is 11.3 Å². The Balaban J connectivity index is 2.22. The number of anilines is 1.